The molecule has 1 unspecified atom stereocenters. The van der Waals surface area contributed by atoms with Gasteiger partial charge in [0.15, 0.2) is 15.6 Å². The highest BCUT2D eigenvalue weighted by molar-refractivity contribution is 7.91. The number of fused-ring (bicyclic) bond motifs is 1. The average molecular weight is 578 g/mol. The molecule has 0 saturated heterocycles. The number of hydrogen-bond acceptors (Lipinski definition) is 8. The lowest BCUT2D eigenvalue weighted by atomic mass is 9.98. The molecule has 1 atom stereocenters. The molecule has 4 aromatic rings. The molecule has 2 aromatic carbocycles. The molecule has 2 aromatic heterocycles. The second kappa shape index (κ2) is 10.9. The maximum absolute atomic E-state index is 13.6. The van der Waals surface area contributed by atoms with Crippen molar-refractivity contribution in [1.29, 1.82) is 0 Å². The molecule has 0 bridgehead atoms. The number of sulfone groups is 1. The number of benzene rings is 2. The third-order valence-electron chi connectivity index (χ3n) is 5.46. The van der Waals surface area contributed by atoms with Crippen LogP contribution in [0.25, 0.3) is 10.9 Å². The van der Waals surface area contributed by atoms with Gasteiger partial charge < -0.3 is 9.87 Å². The molecular weight excluding hydrogens is 555 g/mol. The smallest absolute Gasteiger partial charge is 0.258 e. The van der Waals surface area contributed by atoms with Crippen molar-refractivity contribution in [3.05, 3.63) is 76.3 Å². The van der Waals surface area contributed by atoms with E-state index in [9.17, 15) is 17.8 Å². The first-order chi connectivity index (χ1) is 17.5. The maximum Gasteiger partial charge on any atom is 0.258 e. The number of ketones is 1. The van der Waals surface area contributed by atoms with Crippen LogP contribution in [-0.2, 0) is 26.8 Å². The Bertz CT molecular complexity index is 1580. The van der Waals surface area contributed by atoms with Crippen LogP contribution < -0.4 is 5.32 Å². The van der Waals surface area contributed by atoms with Crippen LogP contribution in [0.1, 0.15) is 29.8 Å². The number of carbonyl (C=O) groups is 1. The van der Waals surface area contributed by atoms with Crippen LogP contribution in [0.5, 0.6) is 0 Å². The Labute approximate surface area is 227 Å². The highest BCUT2D eigenvalue weighted by Gasteiger charge is 2.32. The molecule has 0 aliphatic heterocycles. The fourth-order valence-electron chi connectivity index (χ4n) is 3.64. The molecule has 8 nitrogen and oxygen atoms in total. The molecule has 4 rings (SSSR count). The van der Waals surface area contributed by atoms with Crippen LogP contribution in [0.4, 0.5) is 11.4 Å². The van der Waals surface area contributed by atoms with E-state index in [0.29, 0.717) is 16.6 Å². The number of pyridine rings is 1. The monoisotopic (exact) mass is 576 g/mol. The minimum atomic E-state index is -3.40. The molecule has 2 heterocycles. The maximum atomic E-state index is 13.6. The number of nitrogens with zero attached hydrogens (tertiary/aromatic N) is 3. The molecule has 37 heavy (non-hydrogen) atoms. The predicted molar refractivity (Wildman–Crippen MR) is 146 cm³/mol. The SMILES string of the molecule is CC(C)C(=O)c1c([S+]([O-])Cc2cncnc2)nc2c(Cl)ccc(Cl)c2c1Nc1ccc(S(C)(=O)=O)cc1. The molecule has 0 radical (unpaired) electrons. The van der Waals surface area contributed by atoms with E-state index in [1.54, 1.807) is 50.5 Å². The van der Waals surface area contributed by atoms with E-state index in [2.05, 4.69) is 20.3 Å². The lowest BCUT2D eigenvalue weighted by molar-refractivity contribution is 0.0936. The summed E-state index contributed by atoms with van der Waals surface area (Å²) >= 11 is 11.3. The van der Waals surface area contributed by atoms with Gasteiger partial charge in [0.1, 0.15) is 17.6 Å². The predicted octanol–water partition coefficient (Wildman–Crippen LogP) is 5.63. The van der Waals surface area contributed by atoms with Crippen LogP contribution in [0.15, 0.2) is 65.0 Å². The Morgan fingerprint density at radius 3 is 2.27 bits per heavy atom. The standard InChI is InChI=1S/C25H22Cl2N4O4S2/c1-14(2)24(32)21-23(30-16-4-6-17(7-5-16)37(3,34)35)20-18(26)8-9-19(27)22(20)31-25(21)36(33)12-15-10-28-13-29-11-15/h4-11,13-14H,12H2,1-3H3,(H,30,31). The number of aromatic nitrogens is 3. The minimum Gasteiger partial charge on any atom is -0.610 e. The number of carbonyl (C=O) groups excluding carboxylic acids is 1. The third kappa shape index (κ3) is 5.89. The summed E-state index contributed by atoms with van der Waals surface area (Å²) in [5.74, 6) is -0.729. The van der Waals surface area contributed by atoms with Gasteiger partial charge >= 0.3 is 0 Å². The van der Waals surface area contributed by atoms with E-state index in [-0.39, 0.29) is 48.3 Å². The highest BCUT2D eigenvalue weighted by atomic mass is 35.5. The van der Waals surface area contributed by atoms with Gasteiger partial charge in [-0.3, -0.25) is 4.79 Å². The summed E-state index contributed by atoms with van der Waals surface area (Å²) in [5, 5.41) is 4.18. The van der Waals surface area contributed by atoms with Gasteiger partial charge in [-0.2, -0.15) is 4.98 Å². The summed E-state index contributed by atoms with van der Waals surface area (Å²) in [6.45, 7) is 3.46. The van der Waals surface area contributed by atoms with Crippen molar-refractivity contribution in [3.8, 4) is 0 Å². The summed E-state index contributed by atoms with van der Waals surface area (Å²) < 4.78 is 37.4. The molecule has 192 valence electrons. The number of hydrogen-bond donors (Lipinski definition) is 1. The molecule has 1 N–H and O–H groups in total. The first-order valence-electron chi connectivity index (χ1n) is 11.0. The van der Waals surface area contributed by atoms with Gasteiger partial charge in [-0.05, 0) is 36.4 Å². The van der Waals surface area contributed by atoms with Gasteiger partial charge in [-0.15, -0.1) is 0 Å². The Hall–Kier alpha value is -2.76. The first kappa shape index (κ1) is 27.3. The Balaban J connectivity index is 1.97. The summed E-state index contributed by atoms with van der Waals surface area (Å²) in [6, 6.07) is 9.21. The average Bonchev–Trinajstić information content (AvgIpc) is 2.85. The van der Waals surface area contributed by atoms with E-state index in [4.69, 9.17) is 23.2 Å². The summed E-state index contributed by atoms with van der Waals surface area (Å²) in [6.07, 6.45) is 5.57. The van der Waals surface area contributed by atoms with E-state index < -0.39 is 26.9 Å². The number of rotatable bonds is 8. The van der Waals surface area contributed by atoms with E-state index in [1.807, 2.05) is 0 Å². The van der Waals surface area contributed by atoms with E-state index >= 15 is 0 Å². The fraction of sp³-hybridized carbons (Fsp3) is 0.200. The van der Waals surface area contributed by atoms with Crippen LogP contribution in [0.3, 0.4) is 0 Å². The number of anilines is 2. The largest absolute Gasteiger partial charge is 0.610 e. The summed E-state index contributed by atoms with van der Waals surface area (Å²) in [7, 11) is -3.40. The van der Waals surface area contributed by atoms with Crippen molar-refractivity contribution in [2.24, 2.45) is 5.92 Å². The van der Waals surface area contributed by atoms with Crippen LogP contribution in [0, 0.1) is 5.92 Å². The van der Waals surface area contributed by atoms with Gasteiger partial charge in [0, 0.05) is 52.4 Å². The number of nitrogens with one attached hydrogen (secondary N) is 1. The van der Waals surface area contributed by atoms with Gasteiger partial charge in [0.05, 0.1) is 26.1 Å². The number of halogens is 2. The Morgan fingerprint density at radius 2 is 1.68 bits per heavy atom. The molecule has 0 aliphatic rings. The zero-order chi connectivity index (χ0) is 26.9. The van der Waals surface area contributed by atoms with Crippen molar-refractivity contribution in [3.63, 3.8) is 0 Å². The van der Waals surface area contributed by atoms with Crippen LogP contribution in [-0.4, -0.2) is 40.0 Å². The van der Waals surface area contributed by atoms with Crippen molar-refractivity contribution >= 4 is 72.3 Å². The molecule has 0 amide bonds. The van der Waals surface area contributed by atoms with Crippen LogP contribution in [0.2, 0.25) is 10.0 Å². The molecule has 0 saturated carbocycles. The Morgan fingerprint density at radius 1 is 1.05 bits per heavy atom. The highest BCUT2D eigenvalue weighted by Crippen LogP contribution is 2.41. The lowest BCUT2D eigenvalue weighted by Gasteiger charge is -2.21. The van der Waals surface area contributed by atoms with Gasteiger partial charge in [0.2, 0.25) is 0 Å². The third-order valence-corrected chi connectivity index (χ3v) is 8.53. The Kier molecular flexibility index (Phi) is 8.05. The van der Waals surface area contributed by atoms with Crippen molar-refractivity contribution in [2.75, 3.05) is 11.6 Å². The van der Waals surface area contributed by atoms with Crippen LogP contribution >= 0.6 is 23.2 Å². The lowest BCUT2D eigenvalue weighted by Crippen LogP contribution is -2.19. The number of Topliss-reactive ketones (excluding diaryl/α,β-unsaturated/α-hetero) is 1. The quantitative estimate of drug-likeness (QED) is 0.211. The zero-order valence-corrected chi connectivity index (χ0v) is 23.2. The van der Waals surface area contributed by atoms with Gasteiger partial charge in [-0.1, -0.05) is 37.0 Å². The second-order valence-electron chi connectivity index (χ2n) is 8.60. The molecular formula is C25H22Cl2N4O4S2. The van der Waals surface area contributed by atoms with E-state index in [0.717, 1.165) is 6.26 Å². The summed E-state index contributed by atoms with van der Waals surface area (Å²) in [5.41, 5.74) is 1.78. The molecule has 0 spiro atoms. The fourth-order valence-corrected chi connectivity index (χ4v) is 5.93. The normalized spacial score (nSPS) is 12.6. The van der Waals surface area contributed by atoms with Crippen molar-refractivity contribution < 1.29 is 17.8 Å². The first-order valence-corrected chi connectivity index (χ1v) is 15.0. The van der Waals surface area contributed by atoms with Crippen molar-refractivity contribution in [2.45, 2.75) is 29.5 Å². The minimum absolute atomic E-state index is 0.0262. The molecule has 12 heteroatoms. The van der Waals surface area contributed by atoms with E-state index in [1.165, 1.54) is 18.5 Å². The topological polar surface area (TPSA) is 125 Å². The summed E-state index contributed by atoms with van der Waals surface area (Å²) in [4.78, 5) is 26.2. The van der Waals surface area contributed by atoms with Crippen molar-refractivity contribution in [1.82, 2.24) is 15.0 Å². The molecule has 0 fully saturated rings. The second-order valence-corrected chi connectivity index (χ2v) is 12.8. The zero-order valence-electron chi connectivity index (χ0n) is 20.0. The van der Waals surface area contributed by atoms with Gasteiger partial charge in [0.25, 0.3) is 5.03 Å². The van der Waals surface area contributed by atoms with Gasteiger partial charge in [-0.25, -0.2) is 18.4 Å². The molecule has 0 aliphatic carbocycles.